The van der Waals surface area contributed by atoms with Gasteiger partial charge in [0, 0.05) is 23.6 Å². The first-order valence-corrected chi connectivity index (χ1v) is 5.72. The van der Waals surface area contributed by atoms with Gasteiger partial charge in [-0.15, -0.1) is 0 Å². The van der Waals surface area contributed by atoms with E-state index in [2.05, 4.69) is 0 Å². The number of carboxylic acid groups (broad SMARTS) is 1. The van der Waals surface area contributed by atoms with Crippen LogP contribution in [0.4, 0.5) is 0 Å². The number of carbonyl (C=O) groups is 1. The Morgan fingerprint density at radius 1 is 1.50 bits per heavy atom. The molecule has 0 saturated carbocycles. The zero-order valence-electron chi connectivity index (χ0n) is 10.2. The van der Waals surface area contributed by atoms with Crippen molar-refractivity contribution >= 4 is 16.9 Å². The molecule has 3 N–H and O–H groups in total. The largest absolute Gasteiger partial charge is 0.497 e. The van der Waals surface area contributed by atoms with Crippen LogP contribution in [-0.4, -0.2) is 29.3 Å². The highest BCUT2D eigenvalue weighted by Gasteiger charge is 2.15. The highest BCUT2D eigenvalue weighted by atomic mass is 16.5. The Labute approximate surface area is 105 Å². The number of fused-ring (bicyclic) bond motifs is 1. The molecule has 0 bridgehead atoms. The Balaban J connectivity index is 2.41. The lowest BCUT2D eigenvalue weighted by Crippen LogP contribution is -2.21. The maximum atomic E-state index is 10.8. The monoisotopic (exact) mass is 248 g/mol. The van der Waals surface area contributed by atoms with Crippen molar-refractivity contribution in [2.45, 2.75) is 12.5 Å². The molecule has 1 heterocycles. The van der Waals surface area contributed by atoms with E-state index in [1.54, 1.807) is 7.11 Å². The molecule has 18 heavy (non-hydrogen) atoms. The van der Waals surface area contributed by atoms with Crippen LogP contribution >= 0.6 is 0 Å². The zero-order chi connectivity index (χ0) is 13.1. The molecule has 2 rings (SSSR count). The number of carboxylic acids is 1. The third kappa shape index (κ3) is 2.31. The molecular formula is C13H16N2O3. The van der Waals surface area contributed by atoms with Crippen molar-refractivity contribution < 1.29 is 14.6 Å². The summed E-state index contributed by atoms with van der Waals surface area (Å²) in [6.45, 7) is 0.294. The summed E-state index contributed by atoms with van der Waals surface area (Å²) in [5.74, 6) is -0.0661. The lowest BCUT2D eigenvalue weighted by molar-refractivity contribution is -0.137. The average Bonchev–Trinajstić information content (AvgIpc) is 2.78. The Kier molecular flexibility index (Phi) is 3.53. The summed E-state index contributed by atoms with van der Waals surface area (Å²) in [4.78, 5) is 10.8. The van der Waals surface area contributed by atoms with Crippen LogP contribution in [-0.2, 0) is 4.79 Å². The van der Waals surface area contributed by atoms with Gasteiger partial charge in [0.05, 0.1) is 19.6 Å². The summed E-state index contributed by atoms with van der Waals surface area (Å²) in [6.07, 6.45) is 1.89. The van der Waals surface area contributed by atoms with Crippen LogP contribution in [0, 0.1) is 0 Å². The second-order valence-electron chi connectivity index (χ2n) is 4.14. The molecule has 0 saturated heterocycles. The Bertz CT molecular complexity index is 562. The molecule has 5 heteroatoms. The van der Waals surface area contributed by atoms with Crippen molar-refractivity contribution in [3.63, 3.8) is 0 Å². The first-order valence-electron chi connectivity index (χ1n) is 5.72. The third-order valence-corrected chi connectivity index (χ3v) is 3.00. The summed E-state index contributed by atoms with van der Waals surface area (Å²) in [5.41, 5.74) is 6.62. The SMILES string of the molecule is COc1ccc2c(ccn2C(CN)CC(=O)O)c1. The number of hydrogen-bond donors (Lipinski definition) is 2. The number of benzene rings is 1. The number of hydrogen-bond acceptors (Lipinski definition) is 3. The standard InChI is InChI=1S/C13H16N2O3/c1-18-11-2-3-12-9(6-11)4-5-15(12)10(8-14)7-13(16)17/h2-6,10H,7-8,14H2,1H3,(H,16,17). The van der Waals surface area contributed by atoms with Crippen LogP contribution in [0.3, 0.4) is 0 Å². The maximum Gasteiger partial charge on any atom is 0.305 e. The molecule has 1 atom stereocenters. The molecule has 0 amide bonds. The number of nitrogens with zero attached hydrogens (tertiary/aromatic N) is 1. The smallest absolute Gasteiger partial charge is 0.305 e. The van der Waals surface area contributed by atoms with E-state index in [4.69, 9.17) is 15.6 Å². The molecule has 0 aliphatic rings. The molecule has 1 aromatic heterocycles. The highest BCUT2D eigenvalue weighted by molar-refractivity contribution is 5.82. The molecule has 0 spiro atoms. The molecule has 0 aliphatic heterocycles. The van der Waals surface area contributed by atoms with Crippen molar-refractivity contribution in [3.05, 3.63) is 30.5 Å². The van der Waals surface area contributed by atoms with Crippen LogP contribution in [0.15, 0.2) is 30.5 Å². The third-order valence-electron chi connectivity index (χ3n) is 3.00. The number of aliphatic carboxylic acids is 1. The van der Waals surface area contributed by atoms with Gasteiger partial charge in [0.1, 0.15) is 5.75 Å². The van der Waals surface area contributed by atoms with E-state index in [0.717, 1.165) is 16.7 Å². The van der Waals surface area contributed by atoms with Crippen LogP contribution in [0.2, 0.25) is 0 Å². The van der Waals surface area contributed by atoms with E-state index in [-0.39, 0.29) is 12.5 Å². The van der Waals surface area contributed by atoms with Crippen molar-refractivity contribution in [1.82, 2.24) is 4.57 Å². The van der Waals surface area contributed by atoms with Crippen LogP contribution in [0.25, 0.3) is 10.9 Å². The van der Waals surface area contributed by atoms with Crippen LogP contribution in [0.1, 0.15) is 12.5 Å². The van der Waals surface area contributed by atoms with Gasteiger partial charge in [0.25, 0.3) is 0 Å². The molecule has 0 aliphatic carbocycles. The second-order valence-corrected chi connectivity index (χ2v) is 4.14. The molecule has 0 radical (unpaired) electrons. The molecular weight excluding hydrogens is 232 g/mol. The van der Waals surface area contributed by atoms with Crippen molar-refractivity contribution in [3.8, 4) is 5.75 Å². The molecule has 5 nitrogen and oxygen atoms in total. The topological polar surface area (TPSA) is 77.5 Å². The molecule has 2 aromatic rings. The van der Waals surface area contributed by atoms with Gasteiger partial charge in [-0.05, 0) is 24.3 Å². The minimum Gasteiger partial charge on any atom is -0.497 e. The summed E-state index contributed by atoms with van der Waals surface area (Å²) < 4.78 is 7.06. The summed E-state index contributed by atoms with van der Waals surface area (Å²) in [5, 5.41) is 9.89. The number of nitrogens with two attached hydrogens (primary N) is 1. The Hall–Kier alpha value is -2.01. The molecule has 0 fully saturated rings. The maximum absolute atomic E-state index is 10.8. The van der Waals surface area contributed by atoms with Gasteiger partial charge >= 0.3 is 5.97 Å². The van der Waals surface area contributed by atoms with Crippen LogP contribution < -0.4 is 10.5 Å². The van der Waals surface area contributed by atoms with Crippen LogP contribution in [0.5, 0.6) is 5.75 Å². The minimum atomic E-state index is -0.846. The average molecular weight is 248 g/mol. The van der Waals surface area contributed by atoms with Crippen molar-refractivity contribution in [2.24, 2.45) is 5.73 Å². The van der Waals surface area contributed by atoms with Gasteiger partial charge in [-0.1, -0.05) is 0 Å². The number of aromatic nitrogens is 1. The van der Waals surface area contributed by atoms with Gasteiger partial charge in [-0.25, -0.2) is 0 Å². The predicted molar refractivity (Wildman–Crippen MR) is 68.8 cm³/mol. The number of ether oxygens (including phenoxy) is 1. The Morgan fingerprint density at radius 2 is 2.28 bits per heavy atom. The van der Waals surface area contributed by atoms with E-state index >= 15 is 0 Å². The second kappa shape index (κ2) is 5.10. The van der Waals surface area contributed by atoms with E-state index in [0.29, 0.717) is 6.54 Å². The first kappa shape index (κ1) is 12.4. The number of methoxy groups -OCH3 is 1. The fraction of sp³-hybridized carbons (Fsp3) is 0.308. The highest BCUT2D eigenvalue weighted by Crippen LogP contribution is 2.25. The van der Waals surface area contributed by atoms with Gasteiger partial charge in [-0.2, -0.15) is 0 Å². The normalized spacial score (nSPS) is 12.6. The fourth-order valence-corrected chi connectivity index (χ4v) is 2.08. The fourth-order valence-electron chi connectivity index (χ4n) is 2.08. The first-order chi connectivity index (χ1) is 8.65. The lowest BCUT2D eigenvalue weighted by atomic mass is 10.2. The number of rotatable bonds is 5. The molecule has 96 valence electrons. The lowest BCUT2D eigenvalue weighted by Gasteiger charge is -2.16. The van der Waals surface area contributed by atoms with Gasteiger partial charge in [0.15, 0.2) is 0 Å². The van der Waals surface area contributed by atoms with E-state index < -0.39 is 5.97 Å². The minimum absolute atomic E-state index is 0.0201. The van der Waals surface area contributed by atoms with Gasteiger partial charge in [-0.3, -0.25) is 4.79 Å². The predicted octanol–water partition coefficient (Wildman–Crippen LogP) is 1.62. The zero-order valence-corrected chi connectivity index (χ0v) is 10.2. The van der Waals surface area contributed by atoms with Crippen molar-refractivity contribution in [2.75, 3.05) is 13.7 Å². The molecule has 1 aromatic carbocycles. The Morgan fingerprint density at radius 3 is 2.89 bits per heavy atom. The summed E-state index contributed by atoms with van der Waals surface area (Å²) in [7, 11) is 1.62. The van der Waals surface area contributed by atoms with Gasteiger partial charge < -0.3 is 20.1 Å². The molecule has 1 unspecified atom stereocenters. The quantitative estimate of drug-likeness (QED) is 0.843. The van der Waals surface area contributed by atoms with E-state index in [1.807, 2.05) is 35.0 Å². The van der Waals surface area contributed by atoms with Gasteiger partial charge in [0.2, 0.25) is 0 Å². The van der Waals surface area contributed by atoms with Crippen molar-refractivity contribution in [1.29, 1.82) is 0 Å². The van der Waals surface area contributed by atoms with E-state index in [9.17, 15) is 4.79 Å². The summed E-state index contributed by atoms with van der Waals surface area (Å²) >= 11 is 0. The summed E-state index contributed by atoms with van der Waals surface area (Å²) in [6, 6.07) is 7.39. The van der Waals surface area contributed by atoms with E-state index in [1.165, 1.54) is 0 Å².